The van der Waals surface area contributed by atoms with Gasteiger partial charge in [0.1, 0.15) is 5.69 Å². The summed E-state index contributed by atoms with van der Waals surface area (Å²) >= 11 is 1.51. The highest BCUT2D eigenvalue weighted by Crippen LogP contribution is 2.19. The number of carbonyl (C=O) groups is 1. The molecule has 2 rings (SSSR count). The van der Waals surface area contributed by atoms with E-state index in [-0.39, 0.29) is 5.91 Å². The van der Waals surface area contributed by atoms with E-state index in [0.717, 1.165) is 17.8 Å². The first-order valence-electron chi connectivity index (χ1n) is 6.13. The van der Waals surface area contributed by atoms with Gasteiger partial charge in [0.15, 0.2) is 0 Å². The van der Waals surface area contributed by atoms with Crippen molar-refractivity contribution in [3.05, 3.63) is 27.7 Å². The van der Waals surface area contributed by atoms with Crippen LogP contribution in [0.4, 0.5) is 0 Å². The first-order valence-corrected chi connectivity index (χ1v) is 7.01. The van der Waals surface area contributed by atoms with Crippen LogP contribution in [-0.4, -0.2) is 17.4 Å². The molecule has 4 heteroatoms. The van der Waals surface area contributed by atoms with E-state index in [9.17, 15) is 4.79 Å². The topological polar surface area (TPSA) is 42.0 Å². The maximum atomic E-state index is 11.8. The monoisotopic (exact) mass is 250 g/mol. The van der Waals surface area contributed by atoms with Gasteiger partial charge in [-0.15, -0.1) is 11.3 Å². The Morgan fingerprint density at radius 1 is 1.53 bits per heavy atom. The third-order valence-electron chi connectivity index (χ3n) is 3.08. The van der Waals surface area contributed by atoms with Crippen molar-refractivity contribution < 1.29 is 4.79 Å². The molecule has 1 aromatic heterocycles. The number of thiazole rings is 1. The molecule has 0 saturated heterocycles. The van der Waals surface area contributed by atoms with E-state index in [2.05, 4.69) is 16.4 Å². The highest BCUT2D eigenvalue weighted by Gasteiger charge is 2.11. The Morgan fingerprint density at radius 3 is 3.06 bits per heavy atom. The standard InChI is InChI=1S/C13H18N2OS/c1-10-12(15-9-17-10)13(16)14-8-7-11-5-3-2-4-6-11/h5,9H,2-4,6-8H2,1H3,(H,14,16). The van der Waals surface area contributed by atoms with Crippen molar-refractivity contribution in [3.63, 3.8) is 0 Å². The van der Waals surface area contributed by atoms with Crippen LogP contribution in [0, 0.1) is 6.92 Å². The second-order valence-corrected chi connectivity index (χ2v) is 5.43. The average Bonchev–Trinajstić information content (AvgIpc) is 2.77. The lowest BCUT2D eigenvalue weighted by Gasteiger charge is -2.12. The number of nitrogens with zero attached hydrogens (tertiary/aromatic N) is 1. The van der Waals surface area contributed by atoms with E-state index in [1.165, 1.54) is 42.6 Å². The number of nitrogens with one attached hydrogen (secondary N) is 1. The predicted molar refractivity (Wildman–Crippen MR) is 70.4 cm³/mol. The SMILES string of the molecule is Cc1scnc1C(=O)NCCC1=CCCCC1. The zero-order valence-corrected chi connectivity index (χ0v) is 11.0. The molecule has 3 nitrogen and oxygen atoms in total. The van der Waals surface area contributed by atoms with Gasteiger partial charge in [0.25, 0.3) is 5.91 Å². The minimum Gasteiger partial charge on any atom is -0.350 e. The third-order valence-corrected chi connectivity index (χ3v) is 3.83. The van der Waals surface area contributed by atoms with E-state index < -0.39 is 0 Å². The number of carbonyl (C=O) groups excluding carboxylic acids is 1. The number of allylic oxidation sites excluding steroid dienone is 1. The predicted octanol–water partition coefficient (Wildman–Crippen LogP) is 3.07. The van der Waals surface area contributed by atoms with Crippen LogP contribution in [0.1, 0.15) is 47.5 Å². The van der Waals surface area contributed by atoms with Crippen molar-refractivity contribution in [1.82, 2.24) is 10.3 Å². The second kappa shape index (κ2) is 5.96. The lowest BCUT2D eigenvalue weighted by Crippen LogP contribution is -2.25. The van der Waals surface area contributed by atoms with Gasteiger partial charge in [-0.3, -0.25) is 4.79 Å². The molecule has 0 radical (unpaired) electrons. The molecule has 0 aromatic carbocycles. The fourth-order valence-corrected chi connectivity index (χ4v) is 2.65. The highest BCUT2D eigenvalue weighted by molar-refractivity contribution is 7.09. The molecule has 0 spiro atoms. The van der Waals surface area contributed by atoms with Crippen LogP contribution in [0.25, 0.3) is 0 Å². The molecule has 0 aliphatic heterocycles. The number of aryl methyl sites for hydroxylation is 1. The molecule has 0 bridgehead atoms. The van der Waals surface area contributed by atoms with Gasteiger partial charge in [-0.2, -0.15) is 0 Å². The Hall–Kier alpha value is -1.16. The minimum absolute atomic E-state index is 0.0415. The molecule has 0 atom stereocenters. The van der Waals surface area contributed by atoms with Gasteiger partial charge in [-0.1, -0.05) is 11.6 Å². The van der Waals surface area contributed by atoms with Gasteiger partial charge in [0.2, 0.25) is 0 Å². The van der Waals surface area contributed by atoms with Crippen LogP contribution in [0.15, 0.2) is 17.2 Å². The number of aromatic nitrogens is 1. The summed E-state index contributed by atoms with van der Waals surface area (Å²) in [5.41, 5.74) is 3.78. The maximum Gasteiger partial charge on any atom is 0.271 e. The highest BCUT2D eigenvalue weighted by atomic mass is 32.1. The van der Waals surface area contributed by atoms with Crippen LogP contribution in [0.2, 0.25) is 0 Å². The van der Waals surface area contributed by atoms with Gasteiger partial charge in [-0.25, -0.2) is 4.98 Å². The summed E-state index contributed by atoms with van der Waals surface area (Å²) in [5, 5.41) is 2.94. The molecule has 1 N–H and O–H groups in total. The Morgan fingerprint density at radius 2 is 2.41 bits per heavy atom. The Bertz CT molecular complexity index is 423. The summed E-state index contributed by atoms with van der Waals surface area (Å²) in [4.78, 5) is 16.8. The molecule has 1 aliphatic carbocycles. The summed E-state index contributed by atoms with van der Waals surface area (Å²) in [6, 6.07) is 0. The quantitative estimate of drug-likeness (QED) is 0.834. The molecule has 1 aliphatic rings. The van der Waals surface area contributed by atoms with Gasteiger partial charge in [-0.05, 0) is 39.0 Å². The molecule has 0 fully saturated rings. The third kappa shape index (κ3) is 3.40. The van der Waals surface area contributed by atoms with Crippen LogP contribution in [0.5, 0.6) is 0 Å². The molecule has 0 saturated carbocycles. The zero-order valence-electron chi connectivity index (χ0n) is 10.2. The summed E-state index contributed by atoms with van der Waals surface area (Å²) in [7, 11) is 0. The normalized spacial score (nSPS) is 15.5. The largest absolute Gasteiger partial charge is 0.350 e. The fourth-order valence-electron chi connectivity index (χ4n) is 2.08. The van der Waals surface area contributed by atoms with Crippen molar-refractivity contribution in [2.45, 2.75) is 39.0 Å². The molecule has 17 heavy (non-hydrogen) atoms. The van der Waals surface area contributed by atoms with E-state index in [1.54, 1.807) is 5.51 Å². The number of hydrogen-bond donors (Lipinski definition) is 1. The van der Waals surface area contributed by atoms with Crippen molar-refractivity contribution in [2.24, 2.45) is 0 Å². The van der Waals surface area contributed by atoms with Crippen molar-refractivity contribution >= 4 is 17.2 Å². The van der Waals surface area contributed by atoms with Gasteiger partial charge in [0, 0.05) is 11.4 Å². The molecule has 1 heterocycles. The lowest BCUT2D eigenvalue weighted by molar-refractivity contribution is 0.0949. The van der Waals surface area contributed by atoms with Crippen molar-refractivity contribution in [3.8, 4) is 0 Å². The fraction of sp³-hybridized carbons (Fsp3) is 0.538. The molecular formula is C13H18N2OS. The summed E-state index contributed by atoms with van der Waals surface area (Å²) in [6.07, 6.45) is 8.32. The first-order chi connectivity index (χ1) is 8.27. The zero-order chi connectivity index (χ0) is 12.1. The summed E-state index contributed by atoms with van der Waals surface area (Å²) in [6.45, 7) is 2.65. The smallest absolute Gasteiger partial charge is 0.271 e. The van der Waals surface area contributed by atoms with E-state index in [1.807, 2.05) is 6.92 Å². The lowest BCUT2D eigenvalue weighted by atomic mass is 9.97. The van der Waals surface area contributed by atoms with E-state index in [0.29, 0.717) is 5.69 Å². The van der Waals surface area contributed by atoms with Crippen LogP contribution in [-0.2, 0) is 0 Å². The Labute approximate surface area is 106 Å². The summed E-state index contributed by atoms with van der Waals surface area (Å²) < 4.78 is 0. The summed E-state index contributed by atoms with van der Waals surface area (Å²) in [5.74, 6) is -0.0415. The van der Waals surface area contributed by atoms with E-state index in [4.69, 9.17) is 0 Å². The molecule has 0 unspecified atom stereocenters. The van der Waals surface area contributed by atoms with Crippen LogP contribution in [0.3, 0.4) is 0 Å². The molecule has 1 aromatic rings. The molecule has 1 amide bonds. The van der Waals surface area contributed by atoms with Gasteiger partial charge in [0.05, 0.1) is 5.51 Å². The Kier molecular flexibility index (Phi) is 4.31. The second-order valence-electron chi connectivity index (χ2n) is 4.37. The van der Waals surface area contributed by atoms with Gasteiger partial charge >= 0.3 is 0 Å². The number of rotatable bonds is 4. The first kappa shape index (κ1) is 12.3. The van der Waals surface area contributed by atoms with E-state index >= 15 is 0 Å². The molecule has 92 valence electrons. The van der Waals surface area contributed by atoms with Crippen LogP contribution >= 0.6 is 11.3 Å². The number of hydrogen-bond acceptors (Lipinski definition) is 3. The van der Waals surface area contributed by atoms with Gasteiger partial charge < -0.3 is 5.32 Å². The van der Waals surface area contributed by atoms with Crippen LogP contribution < -0.4 is 5.32 Å². The average molecular weight is 250 g/mol. The van der Waals surface area contributed by atoms with Crippen molar-refractivity contribution in [1.29, 1.82) is 0 Å². The molecular weight excluding hydrogens is 232 g/mol. The minimum atomic E-state index is -0.0415. The Balaban J connectivity index is 1.77. The maximum absolute atomic E-state index is 11.8. The van der Waals surface area contributed by atoms with Crippen molar-refractivity contribution in [2.75, 3.05) is 6.54 Å². The number of amides is 1.